The van der Waals surface area contributed by atoms with Crippen LogP contribution in [0.1, 0.15) is 94.0 Å². The summed E-state index contributed by atoms with van der Waals surface area (Å²) in [6, 6.07) is 36.0. The molecule has 4 heterocycles. The zero-order chi connectivity index (χ0) is 41.1. The number of nitrogens with zero attached hydrogens (tertiary/aromatic N) is 4. The number of imide groups is 4. The Morgan fingerprint density at radius 2 is 0.550 bits per heavy atom. The Hall–Kier alpha value is -8.38. The number of anilines is 2. The molecular formula is C48H26N4O8. The van der Waals surface area contributed by atoms with Crippen LogP contribution in [-0.2, 0) is 13.1 Å². The number of hydrogen-bond donors (Lipinski definition) is 0. The molecule has 12 heteroatoms. The van der Waals surface area contributed by atoms with Crippen LogP contribution in [0.25, 0.3) is 21.5 Å². The van der Waals surface area contributed by atoms with Gasteiger partial charge < -0.3 is 0 Å². The second kappa shape index (κ2) is 12.6. The predicted molar refractivity (Wildman–Crippen MR) is 218 cm³/mol. The Balaban J connectivity index is 0.879. The van der Waals surface area contributed by atoms with Gasteiger partial charge in [-0.1, -0.05) is 60.7 Å². The zero-order valence-corrected chi connectivity index (χ0v) is 31.2. The minimum absolute atomic E-state index is 0.146. The van der Waals surface area contributed by atoms with Crippen LogP contribution in [0.2, 0.25) is 0 Å². The average Bonchev–Trinajstić information content (AvgIpc) is 3.27. The lowest BCUT2D eigenvalue weighted by Gasteiger charge is -2.32. The van der Waals surface area contributed by atoms with E-state index in [-0.39, 0.29) is 79.1 Å². The number of carbonyl (C=O) groups is 8. The molecule has 7 aromatic carbocycles. The lowest BCUT2D eigenvalue weighted by molar-refractivity contribution is 0.0586. The Labute approximate surface area is 339 Å². The van der Waals surface area contributed by atoms with Crippen LogP contribution in [0, 0.1) is 0 Å². The Bertz CT molecular complexity index is 2880. The molecule has 0 saturated carbocycles. The van der Waals surface area contributed by atoms with Gasteiger partial charge in [-0.15, -0.1) is 0 Å². The minimum atomic E-state index is -0.603. The normalized spacial score (nSPS) is 15.6. The molecule has 0 bridgehead atoms. The largest absolute Gasteiger partial charge is 0.270 e. The highest BCUT2D eigenvalue weighted by Crippen LogP contribution is 2.41. The molecule has 0 unspecified atom stereocenters. The molecular weight excluding hydrogens is 761 g/mol. The first kappa shape index (κ1) is 34.8. The highest BCUT2D eigenvalue weighted by atomic mass is 16.2. The van der Waals surface area contributed by atoms with Crippen molar-refractivity contribution in [3.8, 4) is 0 Å². The van der Waals surface area contributed by atoms with Crippen LogP contribution >= 0.6 is 0 Å². The Morgan fingerprint density at radius 1 is 0.283 bits per heavy atom. The summed E-state index contributed by atoms with van der Waals surface area (Å²) in [5, 5.41) is 1.04. The summed E-state index contributed by atoms with van der Waals surface area (Å²) in [7, 11) is 0. The molecule has 11 rings (SSSR count). The van der Waals surface area contributed by atoms with E-state index in [4.69, 9.17) is 0 Å². The van der Waals surface area contributed by atoms with Crippen molar-refractivity contribution in [3.63, 3.8) is 0 Å². The van der Waals surface area contributed by atoms with Crippen molar-refractivity contribution in [2.45, 2.75) is 13.1 Å². The standard InChI is InChI=1S/C48H26N4O8/c53-41-29-14-18-33-39-34(46(58)51(45(33)57)27-10-3-1-4-11-27)19-15-30(37(29)39)42(54)49(41)23-25-8-7-9-26(22-25)24-50-43(55)31-16-20-35-40-36(21-17-32(38(31)40)44(50)56)48(60)52(47(35)59)28-12-5-2-6-13-28/h1-22H,23-24H2. The maximum atomic E-state index is 14.1. The maximum Gasteiger partial charge on any atom is 0.265 e. The minimum Gasteiger partial charge on any atom is -0.270 e. The van der Waals surface area contributed by atoms with E-state index in [0.29, 0.717) is 22.5 Å². The summed E-state index contributed by atoms with van der Waals surface area (Å²) in [5.74, 6) is -4.65. The number of hydrogen-bond acceptors (Lipinski definition) is 8. The van der Waals surface area contributed by atoms with E-state index in [9.17, 15) is 38.4 Å². The molecule has 4 aliphatic rings. The van der Waals surface area contributed by atoms with Gasteiger partial charge in [-0.05, 0) is 83.9 Å². The van der Waals surface area contributed by atoms with Crippen LogP contribution in [-0.4, -0.2) is 57.1 Å². The molecule has 0 radical (unpaired) electrons. The Morgan fingerprint density at radius 3 is 0.833 bits per heavy atom. The summed E-state index contributed by atoms with van der Waals surface area (Å²) < 4.78 is 0. The number of rotatable bonds is 6. The maximum absolute atomic E-state index is 14.1. The number of benzene rings is 7. The summed E-state index contributed by atoms with van der Waals surface area (Å²) in [6.45, 7) is -0.291. The molecule has 0 fully saturated rings. The highest BCUT2D eigenvalue weighted by molar-refractivity contribution is 6.40. The van der Waals surface area contributed by atoms with Gasteiger partial charge in [0.05, 0.1) is 24.5 Å². The molecule has 7 aromatic rings. The van der Waals surface area contributed by atoms with Gasteiger partial charge in [-0.25, -0.2) is 9.80 Å². The van der Waals surface area contributed by atoms with E-state index in [1.165, 1.54) is 48.5 Å². The van der Waals surface area contributed by atoms with Gasteiger partial charge >= 0.3 is 0 Å². The van der Waals surface area contributed by atoms with Crippen LogP contribution in [0.5, 0.6) is 0 Å². The van der Waals surface area contributed by atoms with Crippen molar-refractivity contribution in [1.82, 2.24) is 9.80 Å². The SMILES string of the molecule is O=C1c2ccc3c4c(ccc(c24)C(=O)N1Cc1cccc(CN2C(=O)c4ccc5c6c(ccc(c46)C2=O)C(=O)N(c2ccccc2)C5=O)c1)C(=O)N(c1ccccc1)C3=O. The third-order valence-electron chi connectivity index (χ3n) is 11.7. The first-order chi connectivity index (χ1) is 29.1. The van der Waals surface area contributed by atoms with Crippen LogP contribution in [0.15, 0.2) is 133 Å². The van der Waals surface area contributed by atoms with Crippen molar-refractivity contribution in [3.05, 3.63) is 189 Å². The smallest absolute Gasteiger partial charge is 0.265 e. The van der Waals surface area contributed by atoms with Gasteiger partial charge in [0.15, 0.2) is 0 Å². The third kappa shape index (κ3) is 4.72. The average molecular weight is 787 g/mol. The number of para-hydroxylation sites is 2. The van der Waals surface area contributed by atoms with Crippen molar-refractivity contribution < 1.29 is 38.4 Å². The van der Waals surface area contributed by atoms with Gasteiger partial charge in [0.1, 0.15) is 0 Å². The summed E-state index contributed by atoms with van der Waals surface area (Å²) >= 11 is 0. The fourth-order valence-electron chi connectivity index (χ4n) is 8.95. The fourth-order valence-corrected chi connectivity index (χ4v) is 8.95. The van der Waals surface area contributed by atoms with E-state index in [2.05, 4.69) is 0 Å². The van der Waals surface area contributed by atoms with Crippen molar-refractivity contribution in [2.24, 2.45) is 0 Å². The second-order valence-electron chi connectivity index (χ2n) is 14.9. The first-order valence-electron chi connectivity index (χ1n) is 19.0. The molecule has 0 saturated heterocycles. The molecule has 0 aliphatic carbocycles. The summed E-state index contributed by atoms with van der Waals surface area (Å²) in [4.78, 5) is 116. The molecule has 0 aromatic heterocycles. The Kier molecular flexibility index (Phi) is 7.29. The molecule has 12 nitrogen and oxygen atoms in total. The molecule has 8 amide bonds. The molecule has 60 heavy (non-hydrogen) atoms. The van der Waals surface area contributed by atoms with E-state index >= 15 is 0 Å². The van der Waals surface area contributed by atoms with Crippen molar-refractivity contribution in [1.29, 1.82) is 0 Å². The van der Waals surface area contributed by atoms with E-state index in [1.807, 2.05) is 0 Å². The number of amides is 8. The summed E-state index contributed by atoms with van der Waals surface area (Å²) in [6.07, 6.45) is 0. The lowest BCUT2D eigenvalue weighted by Crippen LogP contribution is -2.43. The molecule has 0 N–H and O–H groups in total. The third-order valence-corrected chi connectivity index (χ3v) is 11.7. The monoisotopic (exact) mass is 786 g/mol. The van der Waals surface area contributed by atoms with E-state index in [1.54, 1.807) is 84.9 Å². The molecule has 0 spiro atoms. The van der Waals surface area contributed by atoms with Crippen LogP contribution in [0.3, 0.4) is 0 Å². The molecule has 4 aliphatic heterocycles. The fraction of sp³-hybridized carbons (Fsp3) is 0.0417. The van der Waals surface area contributed by atoms with Gasteiger partial charge in [-0.2, -0.15) is 0 Å². The van der Waals surface area contributed by atoms with Gasteiger partial charge in [0, 0.05) is 66.1 Å². The topological polar surface area (TPSA) is 150 Å². The van der Waals surface area contributed by atoms with E-state index < -0.39 is 47.3 Å². The highest BCUT2D eigenvalue weighted by Gasteiger charge is 2.42. The van der Waals surface area contributed by atoms with Crippen LogP contribution < -0.4 is 9.80 Å². The van der Waals surface area contributed by atoms with Crippen molar-refractivity contribution >= 4 is 80.2 Å². The molecule has 286 valence electrons. The quantitative estimate of drug-likeness (QED) is 0.161. The first-order valence-corrected chi connectivity index (χ1v) is 19.0. The predicted octanol–water partition coefficient (Wildman–Crippen LogP) is 7.19. The van der Waals surface area contributed by atoms with Crippen molar-refractivity contribution in [2.75, 3.05) is 9.80 Å². The van der Waals surface area contributed by atoms with Gasteiger partial charge in [0.2, 0.25) is 0 Å². The van der Waals surface area contributed by atoms with Gasteiger partial charge in [-0.3, -0.25) is 48.2 Å². The number of carbonyl (C=O) groups excluding carboxylic acids is 8. The molecule has 0 atom stereocenters. The second-order valence-corrected chi connectivity index (χ2v) is 14.9. The summed E-state index contributed by atoms with van der Waals surface area (Å²) in [5.41, 5.74) is 3.42. The lowest BCUT2D eigenvalue weighted by atomic mass is 9.85. The van der Waals surface area contributed by atoms with Crippen LogP contribution in [0.4, 0.5) is 11.4 Å². The van der Waals surface area contributed by atoms with E-state index in [0.717, 1.165) is 19.6 Å². The zero-order valence-electron chi connectivity index (χ0n) is 31.2. The van der Waals surface area contributed by atoms with Gasteiger partial charge in [0.25, 0.3) is 47.3 Å².